The summed E-state index contributed by atoms with van der Waals surface area (Å²) in [4.78, 5) is 5.89. The van der Waals surface area contributed by atoms with Crippen molar-refractivity contribution in [1.82, 2.24) is 30.4 Å². The van der Waals surface area contributed by atoms with E-state index in [9.17, 15) is 26.3 Å². The van der Waals surface area contributed by atoms with Crippen molar-refractivity contribution < 1.29 is 26.3 Å². The van der Waals surface area contributed by atoms with Gasteiger partial charge in [0.1, 0.15) is 0 Å². The number of alkyl halides is 6. The molecule has 0 spiro atoms. The van der Waals surface area contributed by atoms with Crippen molar-refractivity contribution in [2.45, 2.75) is 12.4 Å². The van der Waals surface area contributed by atoms with Crippen molar-refractivity contribution in [1.29, 1.82) is 0 Å². The van der Waals surface area contributed by atoms with E-state index in [1.54, 1.807) is 0 Å². The van der Waals surface area contributed by atoms with Crippen LogP contribution in [-0.2, 0) is 12.4 Å². The first-order valence-corrected chi connectivity index (χ1v) is 4.17. The van der Waals surface area contributed by atoms with E-state index in [0.717, 1.165) is 0 Å². The second-order valence-corrected chi connectivity index (χ2v) is 3.01. The molecule has 0 unspecified atom stereocenters. The molecular weight excluding hydrogens is 270 g/mol. The van der Waals surface area contributed by atoms with Crippen LogP contribution in [0.5, 0.6) is 0 Å². The number of aromatic nitrogens is 6. The fourth-order valence-corrected chi connectivity index (χ4v) is 0.977. The van der Waals surface area contributed by atoms with Gasteiger partial charge in [-0.05, 0) is 0 Å². The van der Waals surface area contributed by atoms with Gasteiger partial charge in [-0.15, -0.1) is 10.2 Å². The molecule has 0 fully saturated rings. The molecular formula is C6H2F6N6. The highest BCUT2D eigenvalue weighted by molar-refractivity contribution is 5.41. The van der Waals surface area contributed by atoms with E-state index < -0.39 is 35.7 Å². The van der Waals surface area contributed by atoms with Gasteiger partial charge < -0.3 is 0 Å². The van der Waals surface area contributed by atoms with Crippen molar-refractivity contribution in [2.75, 3.05) is 0 Å². The Balaban J connectivity index is 2.33. The Morgan fingerprint density at radius 2 is 1.00 bits per heavy atom. The van der Waals surface area contributed by atoms with Gasteiger partial charge in [0.25, 0.3) is 0 Å². The van der Waals surface area contributed by atoms with Crippen LogP contribution in [0.1, 0.15) is 11.6 Å². The third-order valence-corrected chi connectivity index (χ3v) is 1.71. The van der Waals surface area contributed by atoms with Crippen molar-refractivity contribution >= 4 is 0 Å². The van der Waals surface area contributed by atoms with Gasteiger partial charge in [-0.1, -0.05) is 0 Å². The Labute approximate surface area is 93.4 Å². The SMILES string of the molecule is FC(F)(F)c1nc(-c2n[nH]c(C(F)(F)F)n2)n[nH]1. The van der Waals surface area contributed by atoms with Crippen LogP contribution >= 0.6 is 0 Å². The molecule has 0 bridgehead atoms. The van der Waals surface area contributed by atoms with Gasteiger partial charge in [0, 0.05) is 0 Å². The molecule has 2 heterocycles. The molecule has 2 aromatic rings. The summed E-state index contributed by atoms with van der Waals surface area (Å²) in [6, 6.07) is 0. The monoisotopic (exact) mass is 272 g/mol. The van der Waals surface area contributed by atoms with Gasteiger partial charge in [-0.25, -0.2) is 0 Å². The second kappa shape index (κ2) is 3.68. The summed E-state index contributed by atoms with van der Waals surface area (Å²) in [6.07, 6.45) is -9.57. The maximum atomic E-state index is 12.1. The van der Waals surface area contributed by atoms with Gasteiger partial charge in [-0.2, -0.15) is 36.3 Å². The molecule has 0 amide bonds. The highest BCUT2D eigenvalue weighted by Gasteiger charge is 2.37. The van der Waals surface area contributed by atoms with Crippen LogP contribution in [0.15, 0.2) is 0 Å². The van der Waals surface area contributed by atoms with Gasteiger partial charge in [0.15, 0.2) is 0 Å². The van der Waals surface area contributed by atoms with Gasteiger partial charge in [-0.3, -0.25) is 10.2 Å². The molecule has 0 atom stereocenters. The highest BCUT2D eigenvalue weighted by atomic mass is 19.4. The lowest BCUT2D eigenvalue weighted by atomic mass is 10.5. The number of hydrogen-bond donors (Lipinski definition) is 2. The zero-order valence-electron chi connectivity index (χ0n) is 8.06. The van der Waals surface area contributed by atoms with Crippen molar-refractivity contribution in [3.05, 3.63) is 11.6 Å². The second-order valence-electron chi connectivity index (χ2n) is 3.01. The summed E-state index contributed by atoms with van der Waals surface area (Å²) in [5, 5.41) is 9.22. The molecule has 6 nitrogen and oxygen atoms in total. The molecule has 18 heavy (non-hydrogen) atoms. The van der Waals surface area contributed by atoms with Gasteiger partial charge in [0.2, 0.25) is 23.3 Å². The first kappa shape index (κ1) is 12.3. The minimum Gasteiger partial charge on any atom is -0.255 e. The number of aromatic amines is 2. The van der Waals surface area contributed by atoms with Crippen LogP contribution < -0.4 is 0 Å². The van der Waals surface area contributed by atoms with Crippen molar-refractivity contribution in [3.8, 4) is 11.6 Å². The van der Waals surface area contributed by atoms with E-state index in [0.29, 0.717) is 0 Å². The number of rotatable bonds is 1. The predicted molar refractivity (Wildman–Crippen MR) is 41.8 cm³/mol. The molecule has 0 saturated carbocycles. The van der Waals surface area contributed by atoms with E-state index in [-0.39, 0.29) is 0 Å². The molecule has 0 radical (unpaired) electrons. The molecule has 2 aromatic heterocycles. The molecule has 0 aliphatic rings. The van der Waals surface area contributed by atoms with Crippen LogP contribution in [0.25, 0.3) is 11.6 Å². The number of hydrogen-bond acceptors (Lipinski definition) is 4. The Kier molecular flexibility index (Phi) is 2.52. The Morgan fingerprint density at radius 1 is 0.667 bits per heavy atom. The Morgan fingerprint density at radius 3 is 1.22 bits per heavy atom. The molecule has 0 aliphatic carbocycles. The van der Waals surface area contributed by atoms with Gasteiger partial charge >= 0.3 is 12.4 Å². The number of nitrogens with zero attached hydrogens (tertiary/aromatic N) is 4. The lowest BCUT2D eigenvalue weighted by Gasteiger charge is -1.98. The molecule has 98 valence electrons. The summed E-state index contributed by atoms with van der Waals surface area (Å²) >= 11 is 0. The zero-order chi connectivity index (χ0) is 13.6. The minimum atomic E-state index is -4.78. The summed E-state index contributed by atoms with van der Waals surface area (Å²) < 4.78 is 72.9. The van der Waals surface area contributed by atoms with E-state index >= 15 is 0 Å². The van der Waals surface area contributed by atoms with Gasteiger partial charge in [0.05, 0.1) is 0 Å². The molecule has 0 aromatic carbocycles. The fourth-order valence-electron chi connectivity index (χ4n) is 0.977. The first-order chi connectivity index (χ1) is 8.18. The smallest absolute Gasteiger partial charge is 0.255 e. The number of H-pyrrole nitrogens is 2. The third-order valence-electron chi connectivity index (χ3n) is 1.71. The minimum absolute atomic E-state index is 0.686. The largest absolute Gasteiger partial charge is 0.451 e. The van der Waals surface area contributed by atoms with E-state index in [1.807, 2.05) is 0 Å². The first-order valence-electron chi connectivity index (χ1n) is 4.17. The average molecular weight is 272 g/mol. The highest BCUT2D eigenvalue weighted by Crippen LogP contribution is 2.29. The Hall–Kier alpha value is -2.14. The van der Waals surface area contributed by atoms with Crippen molar-refractivity contribution in [3.63, 3.8) is 0 Å². The maximum Gasteiger partial charge on any atom is 0.451 e. The lowest BCUT2D eigenvalue weighted by molar-refractivity contribution is -0.145. The molecule has 0 saturated heterocycles. The van der Waals surface area contributed by atoms with E-state index in [4.69, 9.17) is 0 Å². The average Bonchev–Trinajstić information content (AvgIpc) is 2.84. The standard InChI is InChI=1S/C6H2F6N6/c7-5(8,9)3-13-1(15-17-3)2-14-4(18-16-2)6(10,11)12/h(H,13,15,17)(H,14,16,18). The molecule has 12 heteroatoms. The van der Waals surface area contributed by atoms with Crippen LogP contribution in [0, 0.1) is 0 Å². The molecule has 0 aliphatic heterocycles. The van der Waals surface area contributed by atoms with E-state index in [1.165, 1.54) is 10.2 Å². The lowest BCUT2D eigenvalue weighted by Crippen LogP contribution is -2.07. The number of nitrogens with one attached hydrogen (secondary N) is 2. The Bertz CT molecular complexity index is 499. The van der Waals surface area contributed by atoms with Crippen LogP contribution in [-0.4, -0.2) is 30.4 Å². The van der Waals surface area contributed by atoms with Crippen LogP contribution in [0.4, 0.5) is 26.3 Å². The van der Waals surface area contributed by atoms with Crippen molar-refractivity contribution in [2.24, 2.45) is 0 Å². The summed E-state index contributed by atoms with van der Waals surface area (Å²) in [6.45, 7) is 0. The van der Waals surface area contributed by atoms with Crippen LogP contribution in [0.2, 0.25) is 0 Å². The summed E-state index contributed by atoms with van der Waals surface area (Å²) in [7, 11) is 0. The summed E-state index contributed by atoms with van der Waals surface area (Å²) in [5.74, 6) is -4.27. The fraction of sp³-hybridized carbons (Fsp3) is 0.333. The number of halogens is 6. The normalized spacial score (nSPS) is 13.0. The zero-order valence-corrected chi connectivity index (χ0v) is 8.06. The van der Waals surface area contributed by atoms with E-state index in [2.05, 4.69) is 20.2 Å². The molecule has 2 N–H and O–H groups in total. The topological polar surface area (TPSA) is 83.1 Å². The third kappa shape index (κ3) is 2.26. The summed E-state index contributed by atoms with van der Waals surface area (Å²) in [5.41, 5.74) is 0. The van der Waals surface area contributed by atoms with Crippen LogP contribution in [0.3, 0.4) is 0 Å². The predicted octanol–water partition coefficient (Wildman–Crippen LogP) is 1.63. The molecule has 2 rings (SSSR count). The maximum absolute atomic E-state index is 12.1. The quantitative estimate of drug-likeness (QED) is 0.773.